The first-order valence-electron chi connectivity index (χ1n) is 13.4. The number of fused-ring (bicyclic) bond motifs is 3. The van der Waals surface area contributed by atoms with Gasteiger partial charge < -0.3 is 13.9 Å². The average Bonchev–Trinajstić information content (AvgIpc) is 3.62. The van der Waals surface area contributed by atoms with E-state index in [1.165, 1.54) is 0 Å². The molecule has 9 rings (SSSR count). The van der Waals surface area contributed by atoms with Crippen molar-refractivity contribution < 1.29 is 35.8 Å². The molecule has 0 radical (unpaired) electrons. The highest BCUT2D eigenvalue weighted by molar-refractivity contribution is 6.00. The number of benzene rings is 1. The summed E-state index contributed by atoms with van der Waals surface area (Å²) in [6, 6.07) is 6.79. The SMILES string of the molecule is O=C(N(CC12CCC(c3noc(C(F)F)n3)(CC1)CC2)c1cccc(-c2noc(C(F)F)n2)c1)C12CC(F)(C1)C2. The quantitative estimate of drug-likeness (QED) is 0.288. The largest absolute Gasteiger partial charge is 0.333 e. The normalized spacial score (nSPS) is 32.3. The van der Waals surface area contributed by atoms with E-state index in [0.29, 0.717) is 42.9 Å². The lowest BCUT2D eigenvalue weighted by atomic mass is 9.41. The van der Waals surface area contributed by atoms with Gasteiger partial charge in [0.2, 0.25) is 11.7 Å². The second-order valence-electron chi connectivity index (χ2n) is 12.2. The van der Waals surface area contributed by atoms with Gasteiger partial charge in [0, 0.05) is 23.2 Å². The molecule has 0 unspecified atom stereocenters. The molecular formula is C27H26F5N5O3. The van der Waals surface area contributed by atoms with Crippen LogP contribution in [0.2, 0.25) is 0 Å². The molecule has 0 N–H and O–H groups in total. The highest BCUT2D eigenvalue weighted by Crippen LogP contribution is 2.70. The number of anilines is 1. The Morgan fingerprint density at radius 3 is 2.10 bits per heavy atom. The Hall–Kier alpha value is -3.38. The summed E-state index contributed by atoms with van der Waals surface area (Å²) in [6.45, 7) is 0.398. The number of halogens is 5. The predicted molar refractivity (Wildman–Crippen MR) is 128 cm³/mol. The van der Waals surface area contributed by atoms with Crippen LogP contribution < -0.4 is 4.90 Å². The minimum Gasteiger partial charge on any atom is -0.333 e. The lowest BCUT2D eigenvalue weighted by Crippen LogP contribution is -2.71. The molecule has 40 heavy (non-hydrogen) atoms. The highest BCUT2D eigenvalue weighted by Gasteiger charge is 2.73. The molecule has 6 aliphatic carbocycles. The smallest absolute Gasteiger partial charge is 0.315 e. The van der Waals surface area contributed by atoms with Crippen LogP contribution in [0.25, 0.3) is 11.4 Å². The zero-order chi connectivity index (χ0) is 27.9. The van der Waals surface area contributed by atoms with Crippen LogP contribution in [-0.2, 0) is 10.2 Å². The first-order chi connectivity index (χ1) is 19.0. The van der Waals surface area contributed by atoms with Gasteiger partial charge in [0.05, 0.1) is 5.41 Å². The minimum atomic E-state index is -2.90. The maximum absolute atomic E-state index is 14.4. The number of hydrogen-bond acceptors (Lipinski definition) is 7. The van der Waals surface area contributed by atoms with Crippen LogP contribution in [-0.4, -0.2) is 38.4 Å². The van der Waals surface area contributed by atoms with Gasteiger partial charge in [-0.25, -0.2) is 4.39 Å². The lowest BCUT2D eigenvalue weighted by Gasteiger charge is -2.65. The zero-order valence-electron chi connectivity index (χ0n) is 21.4. The van der Waals surface area contributed by atoms with Gasteiger partial charge in [-0.3, -0.25) is 4.79 Å². The fraction of sp³-hybridized carbons (Fsp3) is 0.593. The van der Waals surface area contributed by atoms with Gasteiger partial charge in [0.25, 0.3) is 11.8 Å². The van der Waals surface area contributed by atoms with Crippen molar-refractivity contribution in [2.45, 2.75) is 81.7 Å². The fourth-order valence-corrected chi connectivity index (χ4v) is 7.42. The van der Waals surface area contributed by atoms with Crippen LogP contribution in [0.3, 0.4) is 0 Å². The van der Waals surface area contributed by atoms with Gasteiger partial charge in [0.15, 0.2) is 5.82 Å². The van der Waals surface area contributed by atoms with Crippen LogP contribution in [0.15, 0.2) is 33.3 Å². The van der Waals surface area contributed by atoms with Crippen molar-refractivity contribution in [2.24, 2.45) is 10.8 Å². The molecule has 2 heterocycles. The zero-order valence-corrected chi connectivity index (χ0v) is 21.4. The molecule has 4 bridgehead atoms. The summed E-state index contributed by atoms with van der Waals surface area (Å²) in [5, 5.41) is 7.53. The summed E-state index contributed by atoms with van der Waals surface area (Å²) < 4.78 is 76.0. The third kappa shape index (κ3) is 3.87. The second-order valence-corrected chi connectivity index (χ2v) is 12.2. The third-order valence-electron chi connectivity index (χ3n) is 9.71. The molecule has 6 saturated carbocycles. The minimum absolute atomic E-state index is 0.0145. The van der Waals surface area contributed by atoms with Crippen molar-refractivity contribution in [3.63, 3.8) is 0 Å². The van der Waals surface area contributed by atoms with Gasteiger partial charge in [-0.05, 0) is 75.3 Å². The van der Waals surface area contributed by atoms with E-state index in [-0.39, 0.29) is 36.4 Å². The van der Waals surface area contributed by atoms with Gasteiger partial charge in [0.1, 0.15) is 5.67 Å². The predicted octanol–water partition coefficient (Wildman–Crippen LogP) is 6.51. The number of rotatable bonds is 8. The molecule has 1 amide bonds. The van der Waals surface area contributed by atoms with E-state index in [2.05, 4.69) is 24.8 Å². The summed E-state index contributed by atoms with van der Waals surface area (Å²) in [6.07, 6.45) is -0.881. The number of carbonyl (C=O) groups excluding carboxylic acids is 1. The molecule has 8 nitrogen and oxygen atoms in total. The molecule has 0 atom stereocenters. The van der Waals surface area contributed by atoms with E-state index in [4.69, 9.17) is 4.52 Å². The molecule has 212 valence electrons. The third-order valence-corrected chi connectivity index (χ3v) is 9.71. The van der Waals surface area contributed by atoms with Crippen LogP contribution in [0.1, 0.15) is 88.2 Å². The number of carbonyl (C=O) groups is 1. The Kier molecular flexibility index (Phi) is 5.47. The van der Waals surface area contributed by atoms with Crippen LogP contribution in [0.4, 0.5) is 27.6 Å². The number of aromatic nitrogens is 4. The van der Waals surface area contributed by atoms with E-state index < -0.39 is 41.1 Å². The van der Waals surface area contributed by atoms with E-state index in [1.54, 1.807) is 29.2 Å². The van der Waals surface area contributed by atoms with Crippen molar-refractivity contribution in [1.82, 2.24) is 20.3 Å². The monoisotopic (exact) mass is 563 g/mol. The van der Waals surface area contributed by atoms with Gasteiger partial charge >= 0.3 is 12.9 Å². The molecule has 3 aromatic rings. The van der Waals surface area contributed by atoms with E-state index >= 15 is 0 Å². The van der Waals surface area contributed by atoms with Crippen molar-refractivity contribution >= 4 is 11.6 Å². The number of hydrogen-bond donors (Lipinski definition) is 0. The Morgan fingerprint density at radius 1 is 0.900 bits per heavy atom. The summed E-state index contributed by atoms with van der Waals surface area (Å²) in [7, 11) is 0. The first-order valence-corrected chi connectivity index (χ1v) is 13.4. The summed E-state index contributed by atoms with van der Waals surface area (Å²) in [5.74, 6) is -1.29. The summed E-state index contributed by atoms with van der Waals surface area (Å²) in [4.78, 5) is 23.4. The maximum atomic E-state index is 14.4. The molecule has 13 heteroatoms. The molecule has 0 saturated heterocycles. The maximum Gasteiger partial charge on any atom is 0.315 e. The van der Waals surface area contributed by atoms with Crippen LogP contribution in [0.5, 0.6) is 0 Å². The fourth-order valence-electron chi connectivity index (χ4n) is 7.42. The van der Waals surface area contributed by atoms with Gasteiger partial charge in [-0.1, -0.05) is 22.4 Å². The van der Waals surface area contributed by atoms with E-state index in [1.807, 2.05) is 0 Å². The lowest BCUT2D eigenvalue weighted by molar-refractivity contribution is -0.211. The average molecular weight is 564 g/mol. The van der Waals surface area contributed by atoms with E-state index in [0.717, 1.165) is 19.3 Å². The first kappa shape index (κ1) is 25.6. The Morgan fingerprint density at radius 2 is 1.52 bits per heavy atom. The second kappa shape index (κ2) is 8.56. The Labute approximate surface area is 225 Å². The number of nitrogens with zero attached hydrogens (tertiary/aromatic N) is 5. The number of alkyl halides is 5. The van der Waals surface area contributed by atoms with Crippen molar-refractivity contribution in [1.29, 1.82) is 0 Å². The number of amides is 1. The molecular weight excluding hydrogens is 537 g/mol. The molecule has 0 spiro atoms. The molecule has 6 fully saturated rings. The van der Waals surface area contributed by atoms with Crippen molar-refractivity contribution in [3.05, 3.63) is 41.9 Å². The topological polar surface area (TPSA) is 98.2 Å². The van der Waals surface area contributed by atoms with Crippen molar-refractivity contribution in [3.8, 4) is 11.4 Å². The van der Waals surface area contributed by atoms with E-state index in [9.17, 15) is 26.7 Å². The van der Waals surface area contributed by atoms with Gasteiger partial charge in [-0.2, -0.15) is 27.5 Å². The molecule has 0 aliphatic heterocycles. The molecule has 1 aromatic carbocycles. The molecule has 6 aliphatic rings. The Bertz CT molecular complexity index is 1430. The van der Waals surface area contributed by atoms with Crippen LogP contribution in [0, 0.1) is 10.8 Å². The Balaban J connectivity index is 1.16. The molecule has 2 aromatic heterocycles. The highest BCUT2D eigenvalue weighted by atomic mass is 19.3. The van der Waals surface area contributed by atoms with Gasteiger partial charge in [-0.15, -0.1) is 0 Å². The summed E-state index contributed by atoms with van der Waals surface area (Å²) in [5.41, 5.74) is -1.66. The summed E-state index contributed by atoms with van der Waals surface area (Å²) >= 11 is 0. The van der Waals surface area contributed by atoms with Crippen molar-refractivity contribution in [2.75, 3.05) is 11.4 Å². The standard InChI is InChI=1S/C27H26F5N5O3/c28-17(29)20-33-19(35-39-20)15-2-1-3-16(10-15)37(23(38)26-11-27(32,12-26)13-26)14-24-4-7-25(8-5-24,9-6-24)22-34-21(18(30)31)40-36-22/h1-3,10,17-18H,4-9,11-14H2. The van der Waals surface area contributed by atoms with Crippen LogP contribution >= 0.6 is 0 Å².